The first-order valence-corrected chi connectivity index (χ1v) is 19.5. The quantitative estimate of drug-likeness (QED) is 0.0466. The summed E-state index contributed by atoms with van der Waals surface area (Å²) in [5, 5.41) is 4.33. The van der Waals surface area contributed by atoms with Gasteiger partial charge in [-0.15, -0.1) is 0 Å². The predicted molar refractivity (Wildman–Crippen MR) is 241 cm³/mol. The summed E-state index contributed by atoms with van der Waals surface area (Å²) in [4.78, 5) is 17.5. The van der Waals surface area contributed by atoms with E-state index in [1.807, 2.05) is 78.9 Å². The van der Waals surface area contributed by atoms with Gasteiger partial charge in [0.15, 0.2) is 10.8 Å². The van der Waals surface area contributed by atoms with Crippen LogP contribution >= 0.6 is 82.6 Å². The van der Waals surface area contributed by atoms with E-state index in [1.165, 1.54) is 17.7 Å². The molecule has 0 atom stereocenters. The Morgan fingerprint density at radius 1 is 0.722 bits per heavy atom. The van der Waals surface area contributed by atoms with Gasteiger partial charge in [0, 0.05) is 88.8 Å². The van der Waals surface area contributed by atoms with Crippen LogP contribution in [0.5, 0.6) is 0 Å². The minimum Gasteiger partial charge on any atom is -0.354 e. The van der Waals surface area contributed by atoms with Gasteiger partial charge in [-0.05, 0) is 79.7 Å². The highest BCUT2D eigenvalue weighted by atomic mass is 79.9. The maximum atomic E-state index is 10.8. The summed E-state index contributed by atoms with van der Waals surface area (Å²) in [5.41, 5.74) is 10.3. The van der Waals surface area contributed by atoms with Crippen molar-refractivity contribution in [2.24, 2.45) is 5.84 Å². The molecule has 0 spiro atoms. The molecule has 5 nitrogen and oxygen atoms in total. The minimum absolute atomic E-state index is 0. The molecule has 0 saturated carbocycles. The Bertz CT molecular complexity index is 2470. The fraction of sp³-hybridized carbons (Fsp3) is 0.0238. The minimum atomic E-state index is 0. The first-order valence-electron chi connectivity index (χ1n) is 16.0. The SMILES string of the molecule is CC(=O)c1ccccc1Cl.ClC1=C(c2cc3ccc(Br)cc3[nH]2)C=C[C+]=C1.Clc1ccccc1-c1cc2c(Br)cccc2[nH]1.NNc1cccc(Br)c1.[B]. The number of hydrogen-bond donors (Lipinski definition) is 4. The number of carbonyl (C=O) groups excluding carboxylic acids is 1. The van der Waals surface area contributed by atoms with Gasteiger partial charge in [-0.25, -0.2) is 0 Å². The van der Waals surface area contributed by atoms with Crippen molar-refractivity contribution in [3.05, 3.63) is 185 Å². The molecule has 2 aromatic heterocycles. The number of benzene rings is 5. The highest BCUT2D eigenvalue weighted by molar-refractivity contribution is 9.11. The van der Waals surface area contributed by atoms with Gasteiger partial charge in [0.1, 0.15) is 17.7 Å². The van der Waals surface area contributed by atoms with Crippen LogP contribution in [0.1, 0.15) is 23.0 Å². The molecule has 8 rings (SSSR count). The Morgan fingerprint density at radius 3 is 2.04 bits per heavy atom. The molecule has 0 bridgehead atoms. The number of allylic oxidation sites excluding steroid dienone is 6. The number of nitrogens with one attached hydrogen (secondary N) is 3. The highest BCUT2D eigenvalue weighted by Crippen LogP contribution is 2.33. The van der Waals surface area contributed by atoms with Crippen molar-refractivity contribution in [3.63, 3.8) is 0 Å². The van der Waals surface area contributed by atoms with Gasteiger partial charge < -0.3 is 15.4 Å². The van der Waals surface area contributed by atoms with E-state index in [4.69, 9.17) is 40.6 Å². The van der Waals surface area contributed by atoms with Crippen molar-refractivity contribution in [3.8, 4) is 11.3 Å². The lowest BCUT2D eigenvalue weighted by atomic mass is 10.1. The normalized spacial score (nSPS) is 11.3. The number of ketones is 1. The van der Waals surface area contributed by atoms with Crippen molar-refractivity contribution in [1.82, 2.24) is 9.97 Å². The van der Waals surface area contributed by atoms with E-state index in [0.29, 0.717) is 15.6 Å². The molecule has 0 aliphatic heterocycles. The van der Waals surface area contributed by atoms with E-state index in [-0.39, 0.29) is 14.2 Å². The van der Waals surface area contributed by atoms with Gasteiger partial charge >= 0.3 is 0 Å². The van der Waals surface area contributed by atoms with Crippen molar-refractivity contribution in [2.75, 3.05) is 5.43 Å². The molecule has 1 aliphatic rings. The molecule has 2 heterocycles. The third-order valence-corrected chi connectivity index (χ3v) is 10.4. The van der Waals surface area contributed by atoms with Gasteiger partial charge in [-0.3, -0.25) is 10.6 Å². The van der Waals surface area contributed by atoms with Crippen molar-refractivity contribution in [2.45, 2.75) is 6.92 Å². The van der Waals surface area contributed by atoms with Gasteiger partial charge in [-0.2, -0.15) is 0 Å². The molecular weight excluding hydrogens is 933 g/mol. The fourth-order valence-corrected chi connectivity index (χ4v) is 7.12. The van der Waals surface area contributed by atoms with Gasteiger partial charge in [0.2, 0.25) is 0 Å². The number of aromatic amines is 2. The number of Topliss-reactive ketones (excluding diaryl/α,β-unsaturated/α-hetero) is 1. The van der Waals surface area contributed by atoms with Crippen LogP contribution in [-0.2, 0) is 0 Å². The maximum Gasteiger partial charge on any atom is 0.164 e. The summed E-state index contributed by atoms with van der Waals surface area (Å²) in [7, 11) is 0. The average molecular weight is 965 g/mol. The van der Waals surface area contributed by atoms with Gasteiger partial charge in [0.25, 0.3) is 0 Å². The van der Waals surface area contributed by atoms with E-state index in [0.717, 1.165) is 57.7 Å². The number of H-pyrrole nitrogens is 2. The summed E-state index contributed by atoms with van der Waals surface area (Å²) in [5.74, 6) is 5.15. The molecule has 5 aromatic carbocycles. The summed E-state index contributed by atoms with van der Waals surface area (Å²) < 4.78 is 3.17. The second kappa shape index (κ2) is 20.7. The zero-order valence-electron chi connectivity index (χ0n) is 28.6. The van der Waals surface area contributed by atoms with Crippen LogP contribution in [0, 0.1) is 6.08 Å². The third kappa shape index (κ3) is 11.6. The molecule has 269 valence electrons. The van der Waals surface area contributed by atoms with Crippen LogP contribution < -0.4 is 11.3 Å². The summed E-state index contributed by atoms with van der Waals surface area (Å²) in [6, 6.07) is 39.0. The highest BCUT2D eigenvalue weighted by Gasteiger charge is 2.16. The second-order valence-electron chi connectivity index (χ2n) is 11.4. The number of anilines is 1. The predicted octanol–water partition coefficient (Wildman–Crippen LogP) is 14.0. The van der Waals surface area contributed by atoms with Crippen molar-refractivity contribution >= 4 is 130 Å². The van der Waals surface area contributed by atoms with E-state index >= 15 is 0 Å². The van der Waals surface area contributed by atoms with E-state index in [1.54, 1.807) is 30.3 Å². The Morgan fingerprint density at radius 2 is 1.41 bits per heavy atom. The van der Waals surface area contributed by atoms with Crippen LogP contribution in [0.2, 0.25) is 10.0 Å². The number of rotatable bonds is 4. The summed E-state index contributed by atoms with van der Waals surface area (Å²) >= 11 is 28.4. The summed E-state index contributed by atoms with van der Waals surface area (Å²) in [6.45, 7) is 1.50. The number of halogens is 6. The Balaban J connectivity index is 0.000000166. The number of hydrogen-bond acceptors (Lipinski definition) is 3. The molecule has 0 fully saturated rings. The number of hydrazine groups is 1. The topological polar surface area (TPSA) is 86.7 Å². The smallest absolute Gasteiger partial charge is 0.164 e. The molecule has 0 unspecified atom stereocenters. The van der Waals surface area contributed by atoms with Crippen LogP contribution in [-0.4, -0.2) is 24.2 Å². The van der Waals surface area contributed by atoms with Crippen LogP contribution in [0.4, 0.5) is 5.69 Å². The van der Waals surface area contributed by atoms with E-state index < -0.39 is 0 Å². The Kier molecular flexibility index (Phi) is 16.4. The molecule has 5 N–H and O–H groups in total. The molecular formula is C42H31BBr3Cl3N4O+. The standard InChI is InChI=1S/C14H9BrClN.C14H8BrClN.C8H7ClO.C6H7BrN2.B/c15-11-5-3-7-13-10(11)8-14(17-13)9-4-1-2-6-12(9)16;15-10-6-5-9-7-14(17-13(9)8-10)11-3-1-2-4-12(11)16;1-6(10)7-4-2-3-5-8(7)9;7-5-2-1-3-6(4-5)9-8;/h1-8,17H;1,3-8,17H;2-5H,1H3;1-4,9H,8H2;/q;+1;;;. The van der Waals surface area contributed by atoms with Gasteiger partial charge in [0.05, 0.1) is 16.8 Å². The van der Waals surface area contributed by atoms with E-state index in [2.05, 4.69) is 99.6 Å². The lowest BCUT2D eigenvalue weighted by Crippen LogP contribution is -2.05. The number of fused-ring (bicyclic) bond motifs is 2. The van der Waals surface area contributed by atoms with Gasteiger partial charge in [-0.1, -0.05) is 120 Å². The fourth-order valence-electron chi connectivity index (χ4n) is 5.14. The lowest BCUT2D eigenvalue weighted by Gasteiger charge is -1.99. The Labute approximate surface area is 356 Å². The number of carbonyl (C=O) groups is 1. The van der Waals surface area contributed by atoms with Crippen molar-refractivity contribution in [1.29, 1.82) is 0 Å². The van der Waals surface area contributed by atoms with E-state index in [9.17, 15) is 4.79 Å². The zero-order chi connectivity index (χ0) is 37.9. The largest absolute Gasteiger partial charge is 0.354 e. The molecule has 3 radical (unpaired) electrons. The molecule has 12 heteroatoms. The average Bonchev–Trinajstić information content (AvgIpc) is 3.78. The zero-order valence-corrected chi connectivity index (χ0v) is 35.6. The number of nitrogens with two attached hydrogens (primary N) is 1. The number of aromatic nitrogens is 2. The molecule has 0 saturated heterocycles. The lowest BCUT2D eigenvalue weighted by molar-refractivity contribution is 0.101. The second-order valence-corrected chi connectivity index (χ2v) is 15.3. The maximum absolute atomic E-state index is 10.8. The van der Waals surface area contributed by atoms with Crippen LogP contribution in [0.25, 0.3) is 38.6 Å². The van der Waals surface area contributed by atoms with Crippen LogP contribution in [0.15, 0.2) is 158 Å². The number of nitrogen functional groups attached to an aromatic ring is 1. The van der Waals surface area contributed by atoms with Crippen molar-refractivity contribution < 1.29 is 4.79 Å². The molecule has 0 amide bonds. The summed E-state index contributed by atoms with van der Waals surface area (Å²) in [6.07, 6.45) is 8.56. The molecule has 7 aromatic rings. The molecule has 54 heavy (non-hydrogen) atoms. The monoisotopic (exact) mass is 960 g/mol. The van der Waals surface area contributed by atoms with Crippen LogP contribution in [0.3, 0.4) is 0 Å². The first kappa shape index (κ1) is 42.9. The molecule has 1 aliphatic carbocycles. The third-order valence-electron chi connectivity index (χ3n) is 7.71. The Hall–Kier alpha value is -3.89. The first-order chi connectivity index (χ1) is 25.5.